The Hall–Kier alpha value is -1.85. The normalized spacial score (nSPS) is 12.7. The molecule has 102 valence electrons. The molecule has 0 amide bonds. The van der Waals surface area contributed by atoms with Crippen molar-refractivity contribution in [2.45, 2.75) is 25.8 Å². The van der Waals surface area contributed by atoms with Gasteiger partial charge < -0.3 is 5.73 Å². The van der Waals surface area contributed by atoms with Gasteiger partial charge in [-0.2, -0.15) is 0 Å². The maximum absolute atomic E-state index is 6.45. The number of hydrogen-bond acceptors (Lipinski definition) is 5. The predicted molar refractivity (Wildman–Crippen MR) is 81.7 cm³/mol. The Morgan fingerprint density at radius 3 is 2.95 bits per heavy atom. The van der Waals surface area contributed by atoms with Crippen LogP contribution in [0.2, 0.25) is 0 Å². The fourth-order valence-electron chi connectivity index (χ4n) is 2.38. The smallest absolute Gasteiger partial charge is 0.0807 e. The highest BCUT2D eigenvalue weighted by Crippen LogP contribution is 2.29. The second kappa shape index (κ2) is 5.64. The van der Waals surface area contributed by atoms with Crippen LogP contribution in [0, 0.1) is 0 Å². The molecule has 20 heavy (non-hydrogen) atoms. The Balaban J connectivity index is 2.08. The Morgan fingerprint density at radius 2 is 2.10 bits per heavy atom. The first kappa shape index (κ1) is 13.1. The molecule has 0 spiro atoms. The van der Waals surface area contributed by atoms with Gasteiger partial charge in [-0.3, -0.25) is 4.98 Å². The molecule has 2 heterocycles. The number of hydrogen-bond donors (Lipinski definition) is 1. The van der Waals surface area contributed by atoms with Crippen molar-refractivity contribution in [1.29, 1.82) is 0 Å². The van der Waals surface area contributed by atoms with Crippen LogP contribution in [0.25, 0.3) is 10.9 Å². The third-order valence-corrected chi connectivity index (χ3v) is 4.20. The maximum atomic E-state index is 6.45. The predicted octanol–water partition coefficient (Wildman–Crippen LogP) is 3.09. The molecule has 5 heteroatoms. The number of aromatic nitrogens is 3. The molecule has 1 atom stereocenters. The summed E-state index contributed by atoms with van der Waals surface area (Å²) in [5.41, 5.74) is 9.45. The van der Waals surface area contributed by atoms with Crippen LogP contribution in [0.3, 0.4) is 0 Å². The first-order chi connectivity index (χ1) is 9.81. The molecule has 0 aliphatic rings. The SMILES string of the molecule is CCCc1nnsc1C(N)c1cccc2cccnc12. The van der Waals surface area contributed by atoms with E-state index in [1.165, 1.54) is 11.5 Å². The van der Waals surface area contributed by atoms with Crippen LogP contribution in [0.4, 0.5) is 0 Å². The standard InChI is InChI=1S/C15H16N4S/c1-2-5-12-15(20-19-18-12)13(16)11-8-3-6-10-7-4-9-17-14(10)11/h3-4,6-9,13H,2,5,16H2,1H3. The molecule has 0 saturated carbocycles. The minimum atomic E-state index is -0.213. The highest BCUT2D eigenvalue weighted by atomic mass is 32.1. The molecular weight excluding hydrogens is 268 g/mol. The Morgan fingerprint density at radius 1 is 1.25 bits per heavy atom. The fourth-order valence-corrected chi connectivity index (χ4v) is 3.10. The lowest BCUT2D eigenvalue weighted by Gasteiger charge is -2.13. The summed E-state index contributed by atoms with van der Waals surface area (Å²) < 4.78 is 4.06. The second-order valence-corrected chi connectivity index (χ2v) is 5.52. The van der Waals surface area contributed by atoms with Gasteiger partial charge in [0.15, 0.2) is 0 Å². The highest BCUT2D eigenvalue weighted by molar-refractivity contribution is 7.05. The Bertz CT molecular complexity index is 717. The van der Waals surface area contributed by atoms with Crippen molar-refractivity contribution in [1.82, 2.24) is 14.6 Å². The van der Waals surface area contributed by atoms with Crippen molar-refractivity contribution in [3.05, 3.63) is 52.7 Å². The Labute approximate surface area is 121 Å². The van der Waals surface area contributed by atoms with Crippen LogP contribution in [0.1, 0.15) is 35.5 Å². The zero-order chi connectivity index (χ0) is 13.9. The average Bonchev–Trinajstić information content (AvgIpc) is 2.94. The molecule has 1 aromatic carbocycles. The van der Waals surface area contributed by atoms with Crippen molar-refractivity contribution in [3.63, 3.8) is 0 Å². The fraction of sp³-hybridized carbons (Fsp3) is 0.267. The van der Waals surface area contributed by atoms with E-state index in [2.05, 4.69) is 33.6 Å². The lowest BCUT2D eigenvalue weighted by atomic mass is 10.0. The van der Waals surface area contributed by atoms with Gasteiger partial charge in [-0.15, -0.1) is 5.10 Å². The summed E-state index contributed by atoms with van der Waals surface area (Å²) in [5, 5.41) is 5.31. The third-order valence-electron chi connectivity index (χ3n) is 3.35. The average molecular weight is 284 g/mol. The van der Waals surface area contributed by atoms with E-state index in [4.69, 9.17) is 5.73 Å². The molecule has 0 fully saturated rings. The lowest BCUT2D eigenvalue weighted by Crippen LogP contribution is -2.13. The largest absolute Gasteiger partial charge is 0.319 e. The minimum absolute atomic E-state index is 0.213. The number of nitrogens with two attached hydrogens (primary N) is 1. The highest BCUT2D eigenvalue weighted by Gasteiger charge is 2.19. The minimum Gasteiger partial charge on any atom is -0.319 e. The van der Waals surface area contributed by atoms with Crippen molar-refractivity contribution in [3.8, 4) is 0 Å². The Kier molecular flexibility index (Phi) is 3.71. The van der Waals surface area contributed by atoms with E-state index in [0.717, 1.165) is 39.9 Å². The molecule has 1 unspecified atom stereocenters. The van der Waals surface area contributed by atoms with Crippen LogP contribution < -0.4 is 5.73 Å². The number of fused-ring (bicyclic) bond motifs is 1. The van der Waals surface area contributed by atoms with Gasteiger partial charge in [-0.25, -0.2) is 0 Å². The van der Waals surface area contributed by atoms with Gasteiger partial charge in [0.05, 0.1) is 22.1 Å². The van der Waals surface area contributed by atoms with Crippen LogP contribution >= 0.6 is 11.5 Å². The summed E-state index contributed by atoms with van der Waals surface area (Å²) in [6.07, 6.45) is 3.76. The zero-order valence-electron chi connectivity index (χ0n) is 11.3. The van der Waals surface area contributed by atoms with Gasteiger partial charge in [0, 0.05) is 17.1 Å². The van der Waals surface area contributed by atoms with Gasteiger partial charge in [-0.1, -0.05) is 42.1 Å². The summed E-state index contributed by atoms with van der Waals surface area (Å²) in [4.78, 5) is 5.52. The molecule has 2 aromatic heterocycles. The molecular formula is C15H16N4S. The van der Waals surface area contributed by atoms with E-state index in [-0.39, 0.29) is 6.04 Å². The molecule has 0 bridgehead atoms. The van der Waals surface area contributed by atoms with E-state index < -0.39 is 0 Å². The van der Waals surface area contributed by atoms with Crippen LogP contribution in [0.5, 0.6) is 0 Å². The number of aryl methyl sites for hydroxylation is 1. The molecule has 2 N–H and O–H groups in total. The van der Waals surface area contributed by atoms with Gasteiger partial charge in [0.25, 0.3) is 0 Å². The second-order valence-electron chi connectivity index (χ2n) is 4.73. The number of benzene rings is 1. The van der Waals surface area contributed by atoms with E-state index in [9.17, 15) is 0 Å². The first-order valence-corrected chi connectivity index (χ1v) is 7.49. The van der Waals surface area contributed by atoms with Crippen molar-refractivity contribution >= 4 is 22.4 Å². The quantitative estimate of drug-likeness (QED) is 0.799. The molecule has 0 aliphatic carbocycles. The number of nitrogens with zero attached hydrogens (tertiary/aromatic N) is 3. The summed E-state index contributed by atoms with van der Waals surface area (Å²) in [7, 11) is 0. The van der Waals surface area contributed by atoms with Crippen molar-refractivity contribution in [2.75, 3.05) is 0 Å². The zero-order valence-corrected chi connectivity index (χ0v) is 12.1. The summed E-state index contributed by atoms with van der Waals surface area (Å²) in [6, 6.07) is 9.89. The lowest BCUT2D eigenvalue weighted by molar-refractivity contribution is 0.816. The number of para-hydroxylation sites is 1. The molecule has 3 aromatic rings. The maximum Gasteiger partial charge on any atom is 0.0807 e. The van der Waals surface area contributed by atoms with Gasteiger partial charge in [0.2, 0.25) is 0 Å². The molecule has 0 saturated heterocycles. The van der Waals surface area contributed by atoms with E-state index >= 15 is 0 Å². The van der Waals surface area contributed by atoms with Crippen LogP contribution in [0.15, 0.2) is 36.5 Å². The molecule has 4 nitrogen and oxygen atoms in total. The number of rotatable bonds is 4. The van der Waals surface area contributed by atoms with Gasteiger partial charge in [-0.05, 0) is 24.0 Å². The third kappa shape index (κ3) is 2.30. The number of pyridine rings is 1. The van der Waals surface area contributed by atoms with Crippen LogP contribution in [-0.4, -0.2) is 14.6 Å². The van der Waals surface area contributed by atoms with Gasteiger partial charge in [0.1, 0.15) is 0 Å². The van der Waals surface area contributed by atoms with Crippen LogP contribution in [-0.2, 0) is 6.42 Å². The summed E-state index contributed by atoms with van der Waals surface area (Å²) >= 11 is 1.39. The van der Waals surface area contributed by atoms with Crippen molar-refractivity contribution in [2.24, 2.45) is 5.73 Å². The van der Waals surface area contributed by atoms with Crippen molar-refractivity contribution < 1.29 is 0 Å². The molecule has 0 aliphatic heterocycles. The van der Waals surface area contributed by atoms with E-state index in [0.29, 0.717) is 0 Å². The van der Waals surface area contributed by atoms with E-state index in [1.54, 1.807) is 6.20 Å². The van der Waals surface area contributed by atoms with Gasteiger partial charge >= 0.3 is 0 Å². The van der Waals surface area contributed by atoms with E-state index in [1.807, 2.05) is 18.2 Å². The molecule has 3 rings (SSSR count). The molecule has 0 radical (unpaired) electrons. The summed E-state index contributed by atoms with van der Waals surface area (Å²) in [6.45, 7) is 2.13. The monoisotopic (exact) mass is 284 g/mol. The first-order valence-electron chi connectivity index (χ1n) is 6.71. The summed E-state index contributed by atoms with van der Waals surface area (Å²) in [5.74, 6) is 0. The topological polar surface area (TPSA) is 64.7 Å².